The Morgan fingerprint density at radius 3 is 2.15 bits per heavy atom. The van der Waals surface area contributed by atoms with E-state index in [2.05, 4.69) is 0 Å². The maximum atomic E-state index is 15.7. The number of pyridine rings is 1. The van der Waals surface area contributed by atoms with Crippen LogP contribution < -0.4 is 43.7 Å². The Hall–Kier alpha value is -4.35. The zero-order valence-corrected chi connectivity index (χ0v) is 37.2. The molecule has 5 fully saturated rings. The van der Waals surface area contributed by atoms with Crippen molar-refractivity contribution in [2.45, 2.75) is 143 Å². The van der Waals surface area contributed by atoms with Crippen LogP contribution >= 0.6 is 0 Å². The topological polar surface area (TPSA) is 365 Å². The van der Waals surface area contributed by atoms with Gasteiger partial charge in [-0.25, -0.2) is 9.18 Å². The first-order valence-corrected chi connectivity index (χ1v) is 22.4. The van der Waals surface area contributed by atoms with Crippen LogP contribution in [0.25, 0.3) is 10.9 Å². The van der Waals surface area contributed by atoms with E-state index in [9.17, 15) is 39.6 Å². The fraction of sp³-hybridized carbons (Fsp3) is 0.714. The summed E-state index contributed by atoms with van der Waals surface area (Å²) < 4.78 is 62.2. The molecule has 1 aromatic heterocycles. The smallest absolute Gasteiger partial charge is 0.413 e. The number of aromatic nitrogens is 1. The van der Waals surface area contributed by atoms with Gasteiger partial charge in [-0.1, -0.05) is 0 Å². The second-order valence-corrected chi connectivity index (χ2v) is 17.8. The minimum Gasteiger partial charge on any atom is -0.492 e. The van der Waals surface area contributed by atoms with Crippen LogP contribution in [-0.4, -0.2) is 186 Å². The van der Waals surface area contributed by atoms with Gasteiger partial charge in [0.15, 0.2) is 29.6 Å². The van der Waals surface area contributed by atoms with Crippen molar-refractivity contribution in [3.63, 3.8) is 0 Å². The highest BCUT2D eigenvalue weighted by Crippen LogP contribution is 2.44. The van der Waals surface area contributed by atoms with E-state index < -0.39 is 142 Å². The maximum Gasteiger partial charge on any atom is 0.413 e. The number of rotatable bonds is 15. The van der Waals surface area contributed by atoms with Crippen LogP contribution in [0.15, 0.2) is 23.1 Å². The van der Waals surface area contributed by atoms with Gasteiger partial charge in [-0.2, -0.15) is 0 Å². The number of fused-ring (bicyclic) bond motifs is 1. The number of anilines is 1. The molecule has 2 saturated carbocycles. The summed E-state index contributed by atoms with van der Waals surface area (Å²) in [4.78, 5) is 54.0. The molecule has 1 unspecified atom stereocenters. The zero-order valence-electron chi connectivity index (χ0n) is 37.2. The lowest BCUT2D eigenvalue weighted by molar-refractivity contribution is -0.315. The largest absolute Gasteiger partial charge is 0.492 e. The molecule has 14 N–H and O–H groups in total. The molecule has 3 saturated heterocycles. The minimum atomic E-state index is -1.63. The number of amides is 1. The third-order valence-electron chi connectivity index (χ3n) is 13.0. The van der Waals surface area contributed by atoms with Gasteiger partial charge in [-0.05, 0) is 38.7 Å². The van der Waals surface area contributed by atoms with Crippen LogP contribution in [0.5, 0.6) is 5.75 Å². The number of benzene rings is 1. The molecule has 2 aliphatic carbocycles. The van der Waals surface area contributed by atoms with E-state index in [0.29, 0.717) is 5.52 Å². The fourth-order valence-electron chi connectivity index (χ4n) is 9.11. The Labute approximate surface area is 384 Å². The van der Waals surface area contributed by atoms with Crippen LogP contribution in [0.3, 0.4) is 0 Å². The number of aliphatic hydroxyl groups excluding tert-OH is 4. The van der Waals surface area contributed by atoms with Crippen molar-refractivity contribution in [2.24, 2.45) is 28.7 Å². The minimum absolute atomic E-state index is 0.0132. The number of esters is 2. The Bertz CT molecular complexity index is 2140. The molecule has 7 rings (SSSR count). The number of nitrogens with zero attached hydrogens (tertiary/aromatic N) is 3. The highest BCUT2D eigenvalue weighted by Gasteiger charge is 2.50. The Morgan fingerprint density at radius 1 is 0.851 bits per heavy atom. The average molecular weight is 955 g/mol. The Kier molecular flexibility index (Phi) is 16.2. The monoisotopic (exact) mass is 954 g/mol. The maximum absolute atomic E-state index is 15.7. The van der Waals surface area contributed by atoms with Gasteiger partial charge in [0.25, 0.3) is 0 Å². The van der Waals surface area contributed by atoms with Crippen LogP contribution in [-0.2, 0) is 42.7 Å². The summed E-state index contributed by atoms with van der Waals surface area (Å²) in [5.74, 6) is -2.18. The Balaban J connectivity index is 0.845. The van der Waals surface area contributed by atoms with Crippen LogP contribution in [0.2, 0.25) is 0 Å². The van der Waals surface area contributed by atoms with Gasteiger partial charge in [0.1, 0.15) is 48.9 Å². The second-order valence-electron chi connectivity index (χ2n) is 17.8. The number of nitrogens with two attached hydrogens (primary N) is 5. The van der Waals surface area contributed by atoms with Crippen LogP contribution in [0, 0.1) is 5.82 Å². The molecule has 0 bridgehead atoms. The van der Waals surface area contributed by atoms with Gasteiger partial charge in [0, 0.05) is 62.6 Å². The third kappa shape index (κ3) is 11.1. The number of piperazine rings is 1. The number of halogens is 1. The van der Waals surface area contributed by atoms with Gasteiger partial charge in [-0.3, -0.25) is 14.4 Å². The van der Waals surface area contributed by atoms with E-state index in [4.69, 9.17) is 66.6 Å². The molecule has 4 heterocycles. The van der Waals surface area contributed by atoms with E-state index in [1.54, 1.807) is 18.0 Å². The summed E-state index contributed by atoms with van der Waals surface area (Å²) >= 11 is 0. The van der Waals surface area contributed by atoms with Crippen molar-refractivity contribution >= 4 is 34.6 Å². The second kappa shape index (κ2) is 21.5. The highest BCUT2D eigenvalue weighted by atomic mass is 19.1. The predicted molar refractivity (Wildman–Crippen MR) is 230 cm³/mol. The van der Waals surface area contributed by atoms with E-state index >= 15 is 4.39 Å². The molecule has 0 radical (unpaired) electrons. The number of hydrogen-bond donors (Lipinski definition) is 9. The molecular formula is C42H63FN8O16. The highest BCUT2D eigenvalue weighted by molar-refractivity contribution is 5.91. The summed E-state index contributed by atoms with van der Waals surface area (Å²) in [7, 11) is 1.42. The number of carbonyl (C=O) groups excluding carboxylic acids is 3. The molecule has 15 atom stereocenters. The van der Waals surface area contributed by atoms with Crippen molar-refractivity contribution in [1.29, 1.82) is 0 Å². The van der Waals surface area contributed by atoms with Crippen molar-refractivity contribution in [3.05, 3.63) is 34.4 Å². The lowest BCUT2D eigenvalue weighted by atomic mass is 9.84. The Morgan fingerprint density at radius 2 is 1.51 bits per heavy atom. The number of ether oxygens (including phenoxy) is 8. The first-order chi connectivity index (χ1) is 31.9. The van der Waals surface area contributed by atoms with E-state index in [1.165, 1.54) is 24.1 Å². The van der Waals surface area contributed by atoms with Gasteiger partial charge in [-0.15, -0.1) is 0 Å². The molecule has 0 spiro atoms. The SMILES string of the molecule is COc1c(N2CCN(C(=O)OCOC(=O)CCC(=O)OC[C@H]3O[C@H](O[C@@H]4[C@@H](O)[C@H](O[C@H]5O[C@H](CN)[C@@H](O)C[C@H]5N)[C@@H](N)C[C@H]4N)[C@H](O)[C@@H](N)[C@@H]3O)C(C)C2)c(F)cc2c(=O)ccn(C3CC3)c12. The number of hydrogen-bond acceptors (Lipinski definition) is 22. The molecular weight excluding hydrogens is 891 g/mol. The van der Waals surface area contributed by atoms with Crippen molar-refractivity contribution in [3.8, 4) is 5.75 Å². The molecule has 1 amide bonds. The molecule has 5 aliphatic rings. The van der Waals surface area contributed by atoms with Crippen LogP contribution in [0.1, 0.15) is 51.5 Å². The zero-order chi connectivity index (χ0) is 48.4. The van der Waals surface area contributed by atoms with Crippen LogP contribution in [0.4, 0.5) is 14.9 Å². The summed E-state index contributed by atoms with van der Waals surface area (Å²) in [5, 5.41) is 43.4. The summed E-state index contributed by atoms with van der Waals surface area (Å²) in [6, 6.07) is -1.50. The van der Waals surface area contributed by atoms with E-state index in [0.717, 1.165) is 12.8 Å². The lowest BCUT2D eigenvalue weighted by Crippen LogP contribution is -2.68. The lowest BCUT2D eigenvalue weighted by Gasteiger charge is -2.47. The predicted octanol–water partition coefficient (Wildman–Crippen LogP) is -3.32. The number of aliphatic hydroxyl groups is 4. The summed E-state index contributed by atoms with van der Waals surface area (Å²) in [5.41, 5.74) is 30.9. The van der Waals surface area contributed by atoms with Gasteiger partial charge < -0.3 is 101 Å². The quantitative estimate of drug-likeness (QED) is 0.0623. The molecule has 24 nitrogen and oxygen atoms in total. The first kappa shape index (κ1) is 50.5. The van der Waals surface area contributed by atoms with E-state index in [1.807, 2.05) is 4.57 Å². The molecule has 1 aromatic carbocycles. The molecule has 2 aromatic rings. The van der Waals surface area contributed by atoms with E-state index in [-0.39, 0.29) is 67.3 Å². The molecule has 25 heteroatoms. The molecule has 3 aliphatic heterocycles. The normalized spacial score (nSPS) is 34.7. The van der Waals surface area contributed by atoms with Crippen molar-refractivity contribution in [1.82, 2.24) is 9.47 Å². The van der Waals surface area contributed by atoms with Crippen molar-refractivity contribution < 1.29 is 77.1 Å². The summed E-state index contributed by atoms with van der Waals surface area (Å²) in [6.07, 6.45) is -10.7. The van der Waals surface area contributed by atoms with Gasteiger partial charge in [0.2, 0.25) is 6.79 Å². The number of carbonyl (C=O) groups is 3. The fourth-order valence-corrected chi connectivity index (χ4v) is 9.11. The third-order valence-corrected chi connectivity index (χ3v) is 13.0. The average Bonchev–Trinajstić information content (AvgIpc) is 4.14. The molecule has 67 heavy (non-hydrogen) atoms. The summed E-state index contributed by atoms with van der Waals surface area (Å²) in [6.45, 7) is 0.903. The standard InChI is InChI=1S/C42H63FN8O16/c1-18-15-49(33-21(43)11-20-25(52)7-8-51(19-3-4-19)32(20)39(33)60-2)9-10-50(18)42(59)63-17-62-30(55)6-5-29(54)61-16-28-34(56)31(48)35(57)41(65-28)67-38-23(46)12-22(45)37(36(38)58)66-40-24(47)13-26(53)27(14-44)64-40/h7-8,11,18-19,22-24,26-28,31,34-38,40-41,53,56-58H,3-6,9-10,12-17,44-48H2,1-2H3/t18?,22-,23+,24+,26-,27+,28+,31-,34+,35+,36-,37+,38-,40+,41+/m0/s1. The first-order valence-electron chi connectivity index (χ1n) is 22.4. The van der Waals surface area contributed by atoms with Crippen molar-refractivity contribution in [2.75, 3.05) is 51.6 Å². The van der Waals surface area contributed by atoms with Gasteiger partial charge in [0.05, 0.1) is 55.1 Å². The molecule has 374 valence electrons. The number of methoxy groups -OCH3 is 1. The van der Waals surface area contributed by atoms with Gasteiger partial charge >= 0.3 is 18.0 Å².